The minimum atomic E-state index is -0.186. The summed E-state index contributed by atoms with van der Waals surface area (Å²) in [6.45, 7) is 8.51. The second-order valence-electron chi connectivity index (χ2n) is 7.86. The highest BCUT2D eigenvalue weighted by Crippen LogP contribution is 2.40. The lowest BCUT2D eigenvalue weighted by Gasteiger charge is -2.20. The molecule has 5 heteroatoms. The van der Waals surface area contributed by atoms with Gasteiger partial charge in [-0.2, -0.15) is 0 Å². The molecule has 0 saturated heterocycles. The first-order valence-electron chi connectivity index (χ1n) is 9.59. The largest absolute Gasteiger partial charge is 0.493 e. The summed E-state index contributed by atoms with van der Waals surface area (Å²) in [6, 6.07) is 11.8. The van der Waals surface area contributed by atoms with Crippen molar-refractivity contribution in [2.24, 2.45) is 0 Å². The van der Waals surface area contributed by atoms with Crippen molar-refractivity contribution < 1.29 is 19.0 Å². The smallest absolute Gasteiger partial charge is 0.244 e. The number of benzene rings is 2. The second kappa shape index (κ2) is 9.50. The highest BCUT2D eigenvalue weighted by atomic mass is 16.5. The maximum atomic E-state index is 12.4. The molecule has 0 radical (unpaired) electrons. The minimum Gasteiger partial charge on any atom is -0.493 e. The summed E-state index contributed by atoms with van der Waals surface area (Å²) in [5.41, 5.74) is 3.15. The Bertz CT molecular complexity index is 864. The van der Waals surface area contributed by atoms with E-state index in [9.17, 15) is 4.79 Å². The minimum absolute atomic E-state index is 0.103. The van der Waals surface area contributed by atoms with Crippen LogP contribution in [0.5, 0.6) is 17.2 Å². The summed E-state index contributed by atoms with van der Waals surface area (Å²) in [7, 11) is 4.67. The van der Waals surface area contributed by atoms with Crippen molar-refractivity contribution in [3.05, 3.63) is 59.2 Å². The Kier molecular flexibility index (Phi) is 7.32. The fourth-order valence-corrected chi connectivity index (χ4v) is 3.04. The Morgan fingerprint density at radius 2 is 1.55 bits per heavy atom. The Labute approximate surface area is 173 Å². The lowest BCUT2D eigenvalue weighted by Crippen LogP contribution is -2.24. The van der Waals surface area contributed by atoms with E-state index < -0.39 is 0 Å². The van der Waals surface area contributed by atoms with Crippen LogP contribution < -0.4 is 19.5 Å². The molecular weight excluding hydrogens is 366 g/mol. The number of ether oxygens (including phenoxy) is 3. The molecule has 1 atom stereocenters. The quantitative estimate of drug-likeness (QED) is 0.675. The van der Waals surface area contributed by atoms with E-state index in [2.05, 4.69) is 50.4 Å². The number of rotatable bonds is 7. The summed E-state index contributed by atoms with van der Waals surface area (Å²) in [6.07, 6.45) is 3.19. The Balaban J connectivity index is 2.11. The molecule has 0 fully saturated rings. The molecule has 0 aliphatic rings. The van der Waals surface area contributed by atoms with Crippen LogP contribution in [0.2, 0.25) is 0 Å². The van der Waals surface area contributed by atoms with Crippen LogP contribution in [0.15, 0.2) is 42.5 Å². The zero-order chi connectivity index (χ0) is 21.6. The maximum Gasteiger partial charge on any atom is 0.244 e. The summed E-state index contributed by atoms with van der Waals surface area (Å²) in [5, 5.41) is 2.99. The topological polar surface area (TPSA) is 56.8 Å². The van der Waals surface area contributed by atoms with Gasteiger partial charge in [0.25, 0.3) is 0 Å². The standard InChI is InChI=1S/C24H31NO4/c1-16(17-8-12-19(13-9-17)24(2,3)4)25-21(26)15-11-18-10-14-20(27-5)23(29-7)22(18)28-6/h8-16H,1-7H3,(H,25,26)/b15-11+/t16-/m1/s1. The SMILES string of the molecule is COc1ccc(/C=C/C(=O)N[C@H](C)c2ccc(C(C)(C)C)cc2)c(OC)c1OC. The van der Waals surface area contributed by atoms with Gasteiger partial charge in [0.2, 0.25) is 11.7 Å². The van der Waals surface area contributed by atoms with Crippen molar-refractivity contribution >= 4 is 12.0 Å². The molecule has 0 heterocycles. The Morgan fingerprint density at radius 1 is 0.931 bits per heavy atom. The number of nitrogens with one attached hydrogen (secondary N) is 1. The molecule has 1 N–H and O–H groups in total. The number of hydrogen-bond donors (Lipinski definition) is 1. The van der Waals surface area contributed by atoms with E-state index >= 15 is 0 Å². The van der Waals surface area contributed by atoms with Crippen LogP contribution in [0, 0.1) is 0 Å². The Morgan fingerprint density at radius 3 is 2.07 bits per heavy atom. The fourth-order valence-electron chi connectivity index (χ4n) is 3.04. The molecule has 156 valence electrons. The van der Waals surface area contributed by atoms with Crippen LogP contribution in [0.4, 0.5) is 0 Å². The second-order valence-corrected chi connectivity index (χ2v) is 7.86. The van der Waals surface area contributed by atoms with E-state index in [-0.39, 0.29) is 17.4 Å². The van der Waals surface area contributed by atoms with E-state index in [1.165, 1.54) is 11.6 Å². The van der Waals surface area contributed by atoms with Crippen molar-refractivity contribution in [1.29, 1.82) is 0 Å². The molecule has 2 aromatic carbocycles. The molecule has 1 amide bonds. The maximum absolute atomic E-state index is 12.4. The number of carbonyl (C=O) groups is 1. The van der Waals surface area contributed by atoms with Crippen LogP contribution >= 0.6 is 0 Å². The van der Waals surface area contributed by atoms with Gasteiger partial charge in [0.15, 0.2) is 11.5 Å². The first-order chi connectivity index (χ1) is 13.7. The van der Waals surface area contributed by atoms with Gasteiger partial charge >= 0.3 is 0 Å². The number of methoxy groups -OCH3 is 3. The molecule has 2 aromatic rings. The Hall–Kier alpha value is -2.95. The zero-order valence-electron chi connectivity index (χ0n) is 18.3. The van der Waals surface area contributed by atoms with E-state index in [0.29, 0.717) is 17.2 Å². The summed E-state index contributed by atoms with van der Waals surface area (Å²) < 4.78 is 16.1. The highest BCUT2D eigenvalue weighted by Gasteiger charge is 2.16. The predicted molar refractivity (Wildman–Crippen MR) is 117 cm³/mol. The van der Waals surface area contributed by atoms with Crippen molar-refractivity contribution in [3.63, 3.8) is 0 Å². The van der Waals surface area contributed by atoms with Gasteiger partial charge in [-0.05, 0) is 41.7 Å². The highest BCUT2D eigenvalue weighted by molar-refractivity contribution is 5.92. The molecule has 0 saturated carbocycles. The third-order valence-corrected chi connectivity index (χ3v) is 4.78. The summed E-state index contributed by atoms with van der Waals surface area (Å²) in [4.78, 5) is 12.4. The van der Waals surface area contributed by atoms with Crippen molar-refractivity contribution in [3.8, 4) is 17.2 Å². The lowest BCUT2D eigenvalue weighted by atomic mass is 9.86. The average Bonchev–Trinajstić information content (AvgIpc) is 2.70. The molecule has 0 aromatic heterocycles. The number of amides is 1. The average molecular weight is 398 g/mol. The fraction of sp³-hybridized carbons (Fsp3) is 0.375. The predicted octanol–water partition coefficient (Wildman–Crippen LogP) is 4.90. The van der Waals surface area contributed by atoms with Crippen LogP contribution in [-0.2, 0) is 10.2 Å². The van der Waals surface area contributed by atoms with Crippen molar-refractivity contribution in [2.75, 3.05) is 21.3 Å². The van der Waals surface area contributed by atoms with Gasteiger partial charge in [-0.1, -0.05) is 45.0 Å². The van der Waals surface area contributed by atoms with Crippen molar-refractivity contribution in [1.82, 2.24) is 5.32 Å². The summed E-state index contributed by atoms with van der Waals surface area (Å²) in [5.74, 6) is 1.39. The van der Waals surface area contributed by atoms with E-state index in [0.717, 1.165) is 11.1 Å². The monoisotopic (exact) mass is 397 g/mol. The summed E-state index contributed by atoms with van der Waals surface area (Å²) >= 11 is 0. The van der Waals surface area contributed by atoms with Gasteiger partial charge in [-0.25, -0.2) is 0 Å². The molecule has 0 bridgehead atoms. The first-order valence-corrected chi connectivity index (χ1v) is 9.59. The van der Waals surface area contributed by atoms with Crippen LogP contribution in [0.1, 0.15) is 50.4 Å². The van der Waals surface area contributed by atoms with Gasteiger partial charge in [0.05, 0.1) is 27.4 Å². The van der Waals surface area contributed by atoms with Gasteiger partial charge in [-0.15, -0.1) is 0 Å². The van der Waals surface area contributed by atoms with E-state index in [1.54, 1.807) is 33.5 Å². The van der Waals surface area contributed by atoms with Crippen LogP contribution in [-0.4, -0.2) is 27.2 Å². The van der Waals surface area contributed by atoms with E-state index in [1.807, 2.05) is 13.0 Å². The molecule has 0 unspecified atom stereocenters. The van der Waals surface area contributed by atoms with Crippen LogP contribution in [0.3, 0.4) is 0 Å². The normalized spacial score (nSPS) is 12.5. The molecular formula is C24H31NO4. The third-order valence-electron chi connectivity index (χ3n) is 4.78. The van der Waals surface area contributed by atoms with Gasteiger partial charge < -0.3 is 19.5 Å². The molecule has 0 aliphatic heterocycles. The zero-order valence-corrected chi connectivity index (χ0v) is 18.3. The van der Waals surface area contributed by atoms with Gasteiger partial charge in [-0.3, -0.25) is 4.79 Å². The molecule has 0 aliphatic carbocycles. The molecule has 2 rings (SSSR count). The number of hydrogen-bond acceptors (Lipinski definition) is 4. The lowest BCUT2D eigenvalue weighted by molar-refractivity contribution is -0.117. The molecule has 29 heavy (non-hydrogen) atoms. The van der Waals surface area contributed by atoms with E-state index in [4.69, 9.17) is 14.2 Å². The van der Waals surface area contributed by atoms with Crippen LogP contribution in [0.25, 0.3) is 6.08 Å². The van der Waals surface area contributed by atoms with Gasteiger partial charge in [0.1, 0.15) is 0 Å². The third kappa shape index (κ3) is 5.53. The molecule has 5 nitrogen and oxygen atoms in total. The van der Waals surface area contributed by atoms with Gasteiger partial charge in [0, 0.05) is 11.6 Å². The molecule has 0 spiro atoms. The first kappa shape index (κ1) is 22.3. The van der Waals surface area contributed by atoms with Crippen molar-refractivity contribution in [2.45, 2.75) is 39.2 Å². The number of carbonyl (C=O) groups excluding carboxylic acids is 1.